The molecule has 1 atom stereocenters. The standard InChI is InChI=1S/C21H20F3N3O3/c1-4-17(29)25-10-14-9-16(13-5-7-15(8-6-13)30-21(22,23)24)19-20(18(14)12(2)28)27(3)11-26-19/h4-9,11-12,28H,1,10H2,2-3H3,(H,25,29)/t12-/m1/s1. The molecule has 1 heterocycles. The number of ether oxygens (including phenoxy) is 1. The van der Waals surface area contributed by atoms with Gasteiger partial charge in [0.15, 0.2) is 0 Å². The number of benzene rings is 2. The van der Waals surface area contributed by atoms with Gasteiger partial charge in [-0.2, -0.15) is 0 Å². The van der Waals surface area contributed by atoms with E-state index in [1.165, 1.54) is 24.3 Å². The van der Waals surface area contributed by atoms with Crippen molar-refractivity contribution in [3.63, 3.8) is 0 Å². The van der Waals surface area contributed by atoms with Gasteiger partial charge in [0.05, 0.1) is 23.5 Å². The molecule has 6 nitrogen and oxygen atoms in total. The van der Waals surface area contributed by atoms with Gasteiger partial charge in [0.25, 0.3) is 0 Å². The van der Waals surface area contributed by atoms with Gasteiger partial charge in [-0.05, 0) is 42.3 Å². The number of aliphatic hydroxyl groups is 1. The van der Waals surface area contributed by atoms with Crippen LogP contribution in [0.3, 0.4) is 0 Å². The number of aliphatic hydroxyl groups excluding tert-OH is 1. The van der Waals surface area contributed by atoms with Gasteiger partial charge in [-0.25, -0.2) is 4.98 Å². The van der Waals surface area contributed by atoms with Crippen LogP contribution in [0.2, 0.25) is 0 Å². The van der Waals surface area contributed by atoms with Gasteiger partial charge in [-0.15, -0.1) is 13.2 Å². The first-order valence-electron chi connectivity index (χ1n) is 9.02. The maximum absolute atomic E-state index is 12.4. The minimum atomic E-state index is -4.77. The van der Waals surface area contributed by atoms with E-state index in [1.807, 2.05) is 0 Å². The van der Waals surface area contributed by atoms with Gasteiger partial charge in [0.2, 0.25) is 5.91 Å². The highest BCUT2D eigenvalue weighted by Gasteiger charge is 2.31. The topological polar surface area (TPSA) is 76.4 Å². The van der Waals surface area contributed by atoms with Crippen LogP contribution < -0.4 is 10.1 Å². The maximum atomic E-state index is 12.4. The average Bonchev–Trinajstić information content (AvgIpc) is 3.06. The lowest BCUT2D eigenvalue weighted by Crippen LogP contribution is -2.21. The van der Waals surface area contributed by atoms with E-state index in [0.717, 1.165) is 6.08 Å². The Kier molecular flexibility index (Phi) is 5.84. The highest BCUT2D eigenvalue weighted by Crippen LogP contribution is 2.36. The lowest BCUT2D eigenvalue weighted by molar-refractivity contribution is -0.274. The minimum Gasteiger partial charge on any atom is -0.406 e. The molecule has 0 spiro atoms. The van der Waals surface area contributed by atoms with E-state index in [-0.39, 0.29) is 18.2 Å². The Bertz CT molecular complexity index is 1090. The second-order valence-electron chi connectivity index (χ2n) is 6.72. The van der Waals surface area contributed by atoms with Gasteiger partial charge < -0.3 is 19.7 Å². The highest BCUT2D eigenvalue weighted by atomic mass is 19.4. The van der Waals surface area contributed by atoms with Crippen molar-refractivity contribution in [1.82, 2.24) is 14.9 Å². The summed E-state index contributed by atoms with van der Waals surface area (Å²) in [4.78, 5) is 16.0. The van der Waals surface area contributed by atoms with Crippen LogP contribution >= 0.6 is 0 Å². The molecule has 0 aliphatic rings. The molecule has 3 aromatic rings. The summed E-state index contributed by atoms with van der Waals surface area (Å²) in [6.07, 6.45) is -2.88. The molecule has 1 amide bonds. The predicted octanol–water partition coefficient (Wildman–Crippen LogP) is 3.99. The fraction of sp³-hybridized carbons (Fsp3) is 0.238. The number of carbonyl (C=O) groups is 1. The van der Waals surface area contributed by atoms with E-state index in [1.54, 1.807) is 30.9 Å². The first kappa shape index (κ1) is 21.4. The molecule has 2 aromatic carbocycles. The molecule has 9 heteroatoms. The number of rotatable bonds is 6. The fourth-order valence-electron chi connectivity index (χ4n) is 3.34. The van der Waals surface area contributed by atoms with Crippen LogP contribution in [-0.4, -0.2) is 26.9 Å². The molecule has 0 unspecified atom stereocenters. The van der Waals surface area contributed by atoms with E-state index < -0.39 is 12.5 Å². The van der Waals surface area contributed by atoms with Gasteiger partial charge in [0, 0.05) is 24.7 Å². The van der Waals surface area contributed by atoms with Crippen molar-refractivity contribution >= 4 is 16.9 Å². The molecule has 30 heavy (non-hydrogen) atoms. The molecule has 0 bridgehead atoms. The minimum absolute atomic E-state index is 0.133. The first-order valence-corrected chi connectivity index (χ1v) is 9.02. The van der Waals surface area contributed by atoms with Crippen LogP contribution in [0, 0.1) is 0 Å². The fourth-order valence-corrected chi connectivity index (χ4v) is 3.34. The van der Waals surface area contributed by atoms with Crippen molar-refractivity contribution in [2.75, 3.05) is 0 Å². The lowest BCUT2D eigenvalue weighted by Gasteiger charge is -2.18. The number of halogens is 3. The van der Waals surface area contributed by atoms with Crippen LogP contribution in [-0.2, 0) is 18.4 Å². The monoisotopic (exact) mass is 419 g/mol. The second-order valence-corrected chi connectivity index (χ2v) is 6.72. The first-order chi connectivity index (χ1) is 14.1. The summed E-state index contributed by atoms with van der Waals surface area (Å²) in [5, 5.41) is 13.1. The largest absolute Gasteiger partial charge is 0.573 e. The third-order valence-electron chi connectivity index (χ3n) is 4.57. The van der Waals surface area contributed by atoms with Crippen LogP contribution in [0.4, 0.5) is 13.2 Å². The lowest BCUT2D eigenvalue weighted by atomic mass is 9.94. The highest BCUT2D eigenvalue weighted by molar-refractivity contribution is 5.95. The average molecular weight is 419 g/mol. The number of carbonyl (C=O) groups excluding carboxylic acids is 1. The molecule has 0 fully saturated rings. The number of aromatic nitrogens is 2. The van der Waals surface area contributed by atoms with E-state index >= 15 is 0 Å². The van der Waals surface area contributed by atoms with E-state index in [2.05, 4.69) is 21.6 Å². The quantitative estimate of drug-likeness (QED) is 0.593. The summed E-state index contributed by atoms with van der Waals surface area (Å²) in [6.45, 7) is 5.17. The summed E-state index contributed by atoms with van der Waals surface area (Å²) >= 11 is 0. The Labute approximate surface area is 170 Å². The molecule has 0 radical (unpaired) electrons. The zero-order valence-electron chi connectivity index (χ0n) is 16.3. The molecule has 3 rings (SSSR count). The Morgan fingerprint density at radius 3 is 2.60 bits per heavy atom. The summed E-state index contributed by atoms with van der Waals surface area (Å²) in [5.41, 5.74) is 3.77. The summed E-state index contributed by atoms with van der Waals surface area (Å²) in [7, 11) is 1.78. The zero-order chi connectivity index (χ0) is 22.1. The van der Waals surface area contributed by atoms with Crippen LogP contribution in [0.25, 0.3) is 22.2 Å². The van der Waals surface area contributed by atoms with Crippen LogP contribution in [0.1, 0.15) is 24.2 Å². The molecule has 0 aliphatic carbocycles. The van der Waals surface area contributed by atoms with Crippen molar-refractivity contribution in [1.29, 1.82) is 0 Å². The number of nitrogens with one attached hydrogen (secondary N) is 1. The van der Waals surface area contributed by atoms with Gasteiger partial charge in [-0.1, -0.05) is 18.7 Å². The molecule has 2 N–H and O–H groups in total. The van der Waals surface area contributed by atoms with Crippen molar-refractivity contribution in [3.05, 3.63) is 60.4 Å². The number of imidazole rings is 1. The van der Waals surface area contributed by atoms with Gasteiger partial charge in [-0.3, -0.25) is 4.79 Å². The SMILES string of the molecule is C=CC(=O)NCc1cc(-c2ccc(OC(F)(F)F)cc2)c2ncn(C)c2c1[C@@H](C)O. The van der Waals surface area contributed by atoms with Crippen molar-refractivity contribution in [2.45, 2.75) is 25.9 Å². The number of aryl methyl sites for hydroxylation is 1. The van der Waals surface area contributed by atoms with Crippen molar-refractivity contribution < 1.29 is 27.8 Å². The zero-order valence-corrected chi connectivity index (χ0v) is 16.3. The van der Waals surface area contributed by atoms with Crippen molar-refractivity contribution in [2.24, 2.45) is 7.05 Å². The predicted molar refractivity (Wildman–Crippen MR) is 106 cm³/mol. The van der Waals surface area contributed by atoms with E-state index in [9.17, 15) is 23.1 Å². The van der Waals surface area contributed by atoms with Crippen LogP contribution in [0.5, 0.6) is 5.75 Å². The molecule has 0 saturated carbocycles. The van der Waals surface area contributed by atoms with Crippen LogP contribution in [0.15, 0.2) is 49.3 Å². The van der Waals surface area contributed by atoms with Crippen molar-refractivity contribution in [3.8, 4) is 16.9 Å². The number of fused-ring (bicyclic) bond motifs is 1. The molecule has 158 valence electrons. The smallest absolute Gasteiger partial charge is 0.406 e. The Balaban J connectivity index is 2.13. The van der Waals surface area contributed by atoms with Gasteiger partial charge >= 0.3 is 6.36 Å². The normalized spacial score (nSPS) is 12.6. The van der Waals surface area contributed by atoms with E-state index in [4.69, 9.17) is 0 Å². The number of hydrogen-bond acceptors (Lipinski definition) is 4. The maximum Gasteiger partial charge on any atom is 0.573 e. The number of amides is 1. The second kappa shape index (κ2) is 8.19. The van der Waals surface area contributed by atoms with Gasteiger partial charge in [0.1, 0.15) is 5.75 Å². The Morgan fingerprint density at radius 2 is 2.03 bits per heavy atom. The third kappa shape index (κ3) is 4.46. The molecule has 1 aromatic heterocycles. The van der Waals surface area contributed by atoms with E-state index in [0.29, 0.717) is 33.3 Å². The molecular weight excluding hydrogens is 399 g/mol. The Hall–Kier alpha value is -3.33. The number of hydrogen-bond donors (Lipinski definition) is 2. The Morgan fingerprint density at radius 1 is 1.37 bits per heavy atom. The summed E-state index contributed by atoms with van der Waals surface area (Å²) < 4.78 is 43.0. The molecular formula is C21H20F3N3O3. The summed E-state index contributed by atoms with van der Waals surface area (Å²) in [5.74, 6) is -0.700. The summed E-state index contributed by atoms with van der Waals surface area (Å²) in [6, 6.07) is 7.20. The third-order valence-corrected chi connectivity index (χ3v) is 4.57. The number of alkyl halides is 3. The molecule has 0 aliphatic heterocycles. The molecule has 0 saturated heterocycles. The number of nitrogens with zero attached hydrogens (tertiary/aromatic N) is 2.